The third kappa shape index (κ3) is 3.98. The zero-order chi connectivity index (χ0) is 12.8. The van der Waals surface area contributed by atoms with Gasteiger partial charge in [0.15, 0.2) is 0 Å². The smallest absolute Gasteiger partial charge is 0.124 e. The van der Waals surface area contributed by atoms with Crippen LogP contribution in [0.1, 0.15) is 25.5 Å². The van der Waals surface area contributed by atoms with Crippen molar-refractivity contribution in [3.63, 3.8) is 0 Å². The highest BCUT2D eigenvalue weighted by molar-refractivity contribution is 5.36. The molecule has 1 N–H and O–H groups in total. The summed E-state index contributed by atoms with van der Waals surface area (Å²) in [6, 6.07) is 4.47. The number of methoxy groups -OCH3 is 1. The van der Waals surface area contributed by atoms with Crippen LogP contribution in [-0.4, -0.2) is 26.8 Å². The van der Waals surface area contributed by atoms with E-state index < -0.39 is 0 Å². The van der Waals surface area contributed by atoms with Crippen molar-refractivity contribution in [2.45, 2.75) is 26.1 Å². The predicted octanol–water partition coefficient (Wildman–Crippen LogP) is 2.52. The second kappa shape index (κ2) is 6.57. The third-order valence-electron chi connectivity index (χ3n) is 2.36. The summed E-state index contributed by atoms with van der Waals surface area (Å²) in [7, 11) is 3.41. The van der Waals surface area contributed by atoms with Crippen LogP contribution >= 0.6 is 0 Å². The van der Waals surface area contributed by atoms with E-state index in [1.54, 1.807) is 13.2 Å². The Morgan fingerprint density at radius 3 is 2.59 bits per heavy atom. The lowest BCUT2D eigenvalue weighted by Gasteiger charge is -2.22. The lowest BCUT2D eigenvalue weighted by molar-refractivity contribution is 0.00678. The molecule has 1 rings (SSSR count). The Hall–Kier alpha value is -1.13. The molecule has 0 saturated heterocycles. The average Bonchev–Trinajstić information content (AvgIpc) is 2.28. The van der Waals surface area contributed by atoms with Gasteiger partial charge in [-0.15, -0.1) is 0 Å². The fraction of sp³-hybridized carbons (Fsp3) is 0.538. The van der Waals surface area contributed by atoms with Crippen molar-refractivity contribution in [1.82, 2.24) is 5.32 Å². The summed E-state index contributed by atoms with van der Waals surface area (Å²) in [4.78, 5) is 0. The molecule has 4 heteroatoms. The molecule has 0 spiro atoms. The molecule has 1 aromatic carbocycles. The van der Waals surface area contributed by atoms with Crippen LogP contribution in [0.4, 0.5) is 4.39 Å². The largest absolute Gasteiger partial charge is 0.496 e. The fourth-order valence-electron chi connectivity index (χ4n) is 1.70. The maximum absolute atomic E-state index is 13.3. The molecule has 17 heavy (non-hydrogen) atoms. The summed E-state index contributed by atoms with van der Waals surface area (Å²) in [5.74, 6) is 0.363. The summed E-state index contributed by atoms with van der Waals surface area (Å²) in [6.45, 7) is 4.51. The summed E-state index contributed by atoms with van der Waals surface area (Å²) >= 11 is 0. The normalized spacial score (nSPS) is 12.8. The monoisotopic (exact) mass is 241 g/mol. The van der Waals surface area contributed by atoms with Crippen LogP contribution < -0.4 is 10.1 Å². The molecule has 0 bridgehead atoms. The van der Waals surface area contributed by atoms with Gasteiger partial charge in [-0.3, -0.25) is 0 Å². The minimum atomic E-state index is -0.283. The second-order valence-electron chi connectivity index (χ2n) is 4.12. The van der Waals surface area contributed by atoms with Crippen molar-refractivity contribution in [3.8, 4) is 5.75 Å². The third-order valence-corrected chi connectivity index (χ3v) is 2.36. The van der Waals surface area contributed by atoms with E-state index in [1.807, 2.05) is 20.9 Å². The molecule has 96 valence electrons. The Morgan fingerprint density at radius 2 is 2.06 bits per heavy atom. The van der Waals surface area contributed by atoms with Crippen LogP contribution in [0.2, 0.25) is 0 Å². The van der Waals surface area contributed by atoms with Gasteiger partial charge in [-0.05, 0) is 39.1 Å². The maximum Gasteiger partial charge on any atom is 0.124 e. The second-order valence-corrected chi connectivity index (χ2v) is 4.12. The zero-order valence-electron chi connectivity index (χ0n) is 10.8. The topological polar surface area (TPSA) is 30.5 Å². The van der Waals surface area contributed by atoms with Gasteiger partial charge < -0.3 is 14.8 Å². The molecule has 0 saturated carbocycles. The molecule has 0 aliphatic rings. The van der Waals surface area contributed by atoms with Gasteiger partial charge in [-0.1, -0.05) is 0 Å². The zero-order valence-corrected chi connectivity index (χ0v) is 10.8. The number of hydrogen-bond acceptors (Lipinski definition) is 3. The van der Waals surface area contributed by atoms with E-state index >= 15 is 0 Å². The van der Waals surface area contributed by atoms with E-state index in [1.165, 1.54) is 12.1 Å². The Labute approximate surface area is 102 Å². The van der Waals surface area contributed by atoms with Crippen molar-refractivity contribution < 1.29 is 13.9 Å². The quantitative estimate of drug-likeness (QED) is 0.830. The lowest BCUT2D eigenvalue weighted by Crippen LogP contribution is -2.23. The minimum Gasteiger partial charge on any atom is -0.496 e. The van der Waals surface area contributed by atoms with Gasteiger partial charge in [0.25, 0.3) is 0 Å². The van der Waals surface area contributed by atoms with E-state index in [9.17, 15) is 4.39 Å². The molecule has 1 aromatic rings. The van der Waals surface area contributed by atoms with Gasteiger partial charge >= 0.3 is 0 Å². The van der Waals surface area contributed by atoms with Crippen LogP contribution in [0, 0.1) is 5.82 Å². The Balaban J connectivity index is 3.02. The van der Waals surface area contributed by atoms with E-state index in [-0.39, 0.29) is 18.0 Å². The molecular formula is C13H20FNO2. The van der Waals surface area contributed by atoms with Crippen molar-refractivity contribution in [2.24, 2.45) is 0 Å². The van der Waals surface area contributed by atoms with Crippen LogP contribution in [0.25, 0.3) is 0 Å². The Kier molecular flexibility index (Phi) is 5.38. The number of hydrogen-bond donors (Lipinski definition) is 1. The van der Waals surface area contributed by atoms with Gasteiger partial charge in [-0.2, -0.15) is 0 Å². The van der Waals surface area contributed by atoms with Crippen molar-refractivity contribution in [2.75, 3.05) is 20.7 Å². The lowest BCUT2D eigenvalue weighted by atomic mass is 10.1. The Morgan fingerprint density at radius 1 is 1.35 bits per heavy atom. The van der Waals surface area contributed by atoms with Crippen LogP contribution in [0.15, 0.2) is 18.2 Å². The maximum atomic E-state index is 13.3. The number of ether oxygens (including phenoxy) is 2. The van der Waals surface area contributed by atoms with E-state index in [2.05, 4.69) is 5.32 Å². The number of nitrogens with one attached hydrogen (secondary N) is 1. The molecule has 0 fully saturated rings. The molecule has 0 aromatic heterocycles. The van der Waals surface area contributed by atoms with E-state index in [4.69, 9.17) is 9.47 Å². The van der Waals surface area contributed by atoms with Gasteiger partial charge in [0.2, 0.25) is 0 Å². The minimum absolute atomic E-state index is 0.0707. The SMILES string of the molecule is CNC[C@H](OC(C)C)c1cc(F)ccc1OC. The van der Waals surface area contributed by atoms with E-state index in [0.717, 1.165) is 5.56 Å². The molecule has 0 amide bonds. The standard InChI is InChI=1S/C13H20FNO2/c1-9(2)17-13(8-15-3)11-7-10(14)5-6-12(11)16-4/h5-7,9,13,15H,8H2,1-4H3/t13-/m0/s1. The molecule has 3 nitrogen and oxygen atoms in total. The number of rotatable bonds is 6. The van der Waals surface area contributed by atoms with E-state index in [0.29, 0.717) is 12.3 Å². The number of halogens is 1. The van der Waals surface area contributed by atoms with Crippen molar-refractivity contribution in [1.29, 1.82) is 0 Å². The van der Waals surface area contributed by atoms with Gasteiger partial charge in [0.1, 0.15) is 11.6 Å². The summed E-state index contributed by atoms with van der Waals surface area (Å²) in [5.41, 5.74) is 0.732. The summed E-state index contributed by atoms with van der Waals surface area (Å²) in [5, 5.41) is 3.04. The Bertz CT molecular complexity index is 355. The summed E-state index contributed by atoms with van der Waals surface area (Å²) in [6.07, 6.45) is -0.146. The first-order chi connectivity index (χ1) is 8.08. The highest BCUT2D eigenvalue weighted by atomic mass is 19.1. The molecular weight excluding hydrogens is 221 g/mol. The van der Waals surface area contributed by atoms with Crippen LogP contribution in [-0.2, 0) is 4.74 Å². The molecule has 0 heterocycles. The van der Waals surface area contributed by atoms with Crippen LogP contribution in [0.5, 0.6) is 5.75 Å². The molecule has 0 unspecified atom stereocenters. The van der Waals surface area contributed by atoms with Gasteiger partial charge in [0.05, 0.1) is 19.3 Å². The van der Waals surface area contributed by atoms with Crippen molar-refractivity contribution in [3.05, 3.63) is 29.6 Å². The van der Waals surface area contributed by atoms with Gasteiger partial charge in [-0.25, -0.2) is 4.39 Å². The average molecular weight is 241 g/mol. The molecule has 0 aliphatic carbocycles. The number of benzene rings is 1. The molecule has 1 atom stereocenters. The fourth-order valence-corrected chi connectivity index (χ4v) is 1.70. The molecule has 0 aliphatic heterocycles. The predicted molar refractivity (Wildman–Crippen MR) is 65.8 cm³/mol. The highest BCUT2D eigenvalue weighted by Crippen LogP contribution is 2.28. The highest BCUT2D eigenvalue weighted by Gasteiger charge is 2.18. The number of likely N-dealkylation sites (N-methyl/N-ethyl adjacent to an activating group) is 1. The van der Waals surface area contributed by atoms with Crippen molar-refractivity contribution >= 4 is 0 Å². The van der Waals surface area contributed by atoms with Gasteiger partial charge in [0, 0.05) is 12.1 Å². The first-order valence-electron chi connectivity index (χ1n) is 5.72. The van der Waals surface area contributed by atoms with Crippen LogP contribution in [0.3, 0.4) is 0 Å². The summed E-state index contributed by atoms with van der Waals surface area (Å²) < 4.78 is 24.3. The first kappa shape index (κ1) is 13.9. The molecule has 0 radical (unpaired) electrons. The first-order valence-corrected chi connectivity index (χ1v) is 5.72.